The number of aliphatic hydroxyl groups is 1. The predicted octanol–water partition coefficient (Wildman–Crippen LogP) is 3.03. The molecule has 1 aromatic carbocycles. The molecule has 1 aromatic heterocycles. The number of likely N-dealkylation sites (tertiary alicyclic amines) is 1. The van der Waals surface area contributed by atoms with Crippen LogP contribution in [0.1, 0.15) is 35.7 Å². The Hall–Kier alpha value is -1.31. The number of hydrogen-bond acceptors (Lipinski definition) is 5. The van der Waals surface area contributed by atoms with E-state index in [0.29, 0.717) is 18.4 Å². The molecule has 0 bridgehead atoms. The summed E-state index contributed by atoms with van der Waals surface area (Å²) in [7, 11) is 0. The topological polar surface area (TPSA) is 47.5 Å². The smallest absolute Gasteiger partial charge is 0.123 e. The van der Waals surface area contributed by atoms with Crippen LogP contribution >= 0.6 is 11.3 Å². The summed E-state index contributed by atoms with van der Waals surface area (Å²) < 4.78 is 13.2. The van der Waals surface area contributed by atoms with Gasteiger partial charge in [-0.2, -0.15) is 0 Å². The zero-order valence-electron chi connectivity index (χ0n) is 14.8. The first-order valence-electron chi connectivity index (χ1n) is 9.37. The lowest BCUT2D eigenvalue weighted by Gasteiger charge is -2.29. The summed E-state index contributed by atoms with van der Waals surface area (Å²) >= 11 is 1.80. The molecule has 3 atom stereocenters. The lowest BCUT2D eigenvalue weighted by atomic mass is 9.87. The van der Waals surface area contributed by atoms with Crippen molar-refractivity contribution >= 4 is 11.3 Å². The predicted molar refractivity (Wildman–Crippen MR) is 102 cm³/mol. The highest BCUT2D eigenvalue weighted by Gasteiger charge is 2.35. The van der Waals surface area contributed by atoms with E-state index in [1.54, 1.807) is 23.5 Å². The summed E-state index contributed by atoms with van der Waals surface area (Å²) in [5.41, 5.74) is 6.71. The first kappa shape index (κ1) is 18.1. The molecule has 3 unspecified atom stereocenters. The van der Waals surface area contributed by atoms with Gasteiger partial charge in [-0.05, 0) is 54.9 Å². The number of hydrogen-bond donors (Lipinski definition) is 3. The molecule has 3 N–H and O–H groups in total. The van der Waals surface area contributed by atoms with Gasteiger partial charge in [0.05, 0.1) is 11.6 Å². The summed E-state index contributed by atoms with van der Waals surface area (Å²) in [6.07, 6.45) is 2.37. The Kier molecular flexibility index (Phi) is 5.38. The van der Waals surface area contributed by atoms with Crippen molar-refractivity contribution in [3.63, 3.8) is 0 Å². The normalized spacial score (nSPS) is 30.4. The van der Waals surface area contributed by atoms with Crippen LogP contribution in [0.15, 0.2) is 41.8 Å². The fourth-order valence-corrected chi connectivity index (χ4v) is 5.08. The fourth-order valence-electron chi connectivity index (χ4n) is 4.22. The van der Waals surface area contributed by atoms with Crippen LogP contribution in [0.4, 0.5) is 4.39 Å². The molecule has 4 rings (SSSR count). The molecule has 0 spiro atoms. The molecule has 4 nitrogen and oxygen atoms in total. The maximum atomic E-state index is 13.2. The third kappa shape index (κ3) is 3.85. The van der Waals surface area contributed by atoms with Crippen LogP contribution in [-0.4, -0.2) is 36.2 Å². The van der Waals surface area contributed by atoms with Gasteiger partial charge in [-0.25, -0.2) is 9.82 Å². The van der Waals surface area contributed by atoms with E-state index >= 15 is 0 Å². The molecule has 2 aromatic rings. The van der Waals surface area contributed by atoms with Crippen LogP contribution in [-0.2, 0) is 5.60 Å². The van der Waals surface area contributed by atoms with Crippen molar-refractivity contribution in [2.75, 3.05) is 26.2 Å². The van der Waals surface area contributed by atoms with E-state index in [0.717, 1.165) is 44.6 Å². The summed E-state index contributed by atoms with van der Waals surface area (Å²) in [5.74, 6) is 0.263. The van der Waals surface area contributed by atoms with Crippen molar-refractivity contribution < 1.29 is 9.50 Å². The quantitative estimate of drug-likeness (QED) is 0.769. The van der Waals surface area contributed by atoms with Gasteiger partial charge in [0.2, 0.25) is 0 Å². The molecule has 2 aliphatic heterocycles. The van der Waals surface area contributed by atoms with Gasteiger partial charge >= 0.3 is 0 Å². The van der Waals surface area contributed by atoms with E-state index in [2.05, 4.69) is 33.3 Å². The third-order valence-electron chi connectivity index (χ3n) is 5.72. The minimum atomic E-state index is -0.845. The number of hydrazine groups is 1. The second kappa shape index (κ2) is 7.74. The van der Waals surface area contributed by atoms with Gasteiger partial charge < -0.3 is 10.0 Å². The maximum Gasteiger partial charge on any atom is 0.123 e. The van der Waals surface area contributed by atoms with Crippen LogP contribution in [0, 0.1) is 11.7 Å². The molecular formula is C20H26FN3OS. The van der Waals surface area contributed by atoms with Crippen LogP contribution in [0.5, 0.6) is 0 Å². The summed E-state index contributed by atoms with van der Waals surface area (Å²) in [5, 5.41) is 13.2. The Morgan fingerprint density at radius 1 is 1.19 bits per heavy atom. The van der Waals surface area contributed by atoms with Gasteiger partial charge in [0.1, 0.15) is 5.82 Å². The number of nitrogens with one attached hydrogen (secondary N) is 2. The molecule has 3 heterocycles. The van der Waals surface area contributed by atoms with Crippen LogP contribution in [0.2, 0.25) is 0 Å². The Labute approximate surface area is 158 Å². The zero-order chi connectivity index (χ0) is 18.0. The molecule has 2 saturated heterocycles. The van der Waals surface area contributed by atoms with Crippen molar-refractivity contribution in [2.45, 2.75) is 30.9 Å². The summed E-state index contributed by atoms with van der Waals surface area (Å²) in [4.78, 5) is 3.85. The van der Waals surface area contributed by atoms with E-state index in [-0.39, 0.29) is 5.82 Å². The van der Waals surface area contributed by atoms with E-state index in [1.807, 2.05) is 0 Å². The minimum Gasteiger partial charge on any atom is -0.385 e. The van der Waals surface area contributed by atoms with Crippen LogP contribution < -0.4 is 10.9 Å². The van der Waals surface area contributed by atoms with Crippen molar-refractivity contribution in [1.29, 1.82) is 0 Å². The largest absolute Gasteiger partial charge is 0.385 e. The SMILES string of the molecule is OC1(c2ccc(F)cc2)CCCN(CC2CNNC2c2cccs2)CC1. The van der Waals surface area contributed by atoms with Gasteiger partial charge in [-0.3, -0.25) is 5.43 Å². The Balaban J connectivity index is 1.40. The number of rotatable bonds is 4. The molecule has 0 saturated carbocycles. The molecule has 26 heavy (non-hydrogen) atoms. The highest BCUT2D eigenvalue weighted by atomic mass is 32.1. The monoisotopic (exact) mass is 375 g/mol. The Bertz CT molecular complexity index is 708. The van der Waals surface area contributed by atoms with Crippen LogP contribution in [0.25, 0.3) is 0 Å². The second-order valence-corrected chi connectivity index (χ2v) is 8.45. The summed E-state index contributed by atoms with van der Waals surface area (Å²) in [6.45, 7) is 3.84. The average molecular weight is 376 g/mol. The molecular weight excluding hydrogens is 349 g/mol. The Morgan fingerprint density at radius 3 is 2.81 bits per heavy atom. The van der Waals surface area contributed by atoms with Crippen molar-refractivity contribution in [1.82, 2.24) is 15.8 Å². The van der Waals surface area contributed by atoms with Gasteiger partial charge in [0.15, 0.2) is 0 Å². The zero-order valence-corrected chi connectivity index (χ0v) is 15.6. The van der Waals surface area contributed by atoms with Crippen molar-refractivity contribution in [3.8, 4) is 0 Å². The van der Waals surface area contributed by atoms with Crippen molar-refractivity contribution in [2.24, 2.45) is 5.92 Å². The highest BCUT2D eigenvalue weighted by Crippen LogP contribution is 2.34. The van der Waals surface area contributed by atoms with Gasteiger partial charge in [-0.15, -0.1) is 11.3 Å². The van der Waals surface area contributed by atoms with Crippen LogP contribution in [0.3, 0.4) is 0 Å². The van der Waals surface area contributed by atoms with Crippen molar-refractivity contribution in [3.05, 3.63) is 58.0 Å². The first-order chi connectivity index (χ1) is 12.6. The van der Waals surface area contributed by atoms with E-state index in [9.17, 15) is 9.50 Å². The fraction of sp³-hybridized carbons (Fsp3) is 0.500. The highest BCUT2D eigenvalue weighted by molar-refractivity contribution is 7.10. The minimum absolute atomic E-state index is 0.256. The molecule has 140 valence electrons. The molecule has 0 aliphatic carbocycles. The molecule has 0 radical (unpaired) electrons. The Morgan fingerprint density at radius 2 is 2.04 bits per heavy atom. The second-order valence-electron chi connectivity index (χ2n) is 7.47. The number of benzene rings is 1. The molecule has 0 amide bonds. The third-order valence-corrected chi connectivity index (χ3v) is 6.68. The van der Waals surface area contributed by atoms with E-state index in [1.165, 1.54) is 17.0 Å². The number of nitrogens with zero attached hydrogens (tertiary/aromatic N) is 1. The average Bonchev–Trinajstić information content (AvgIpc) is 3.27. The van der Waals surface area contributed by atoms with Gasteiger partial charge in [0.25, 0.3) is 0 Å². The molecule has 2 fully saturated rings. The number of halogens is 1. The van der Waals surface area contributed by atoms with Gasteiger partial charge in [0, 0.05) is 30.4 Å². The summed E-state index contributed by atoms with van der Waals surface area (Å²) in [6, 6.07) is 11.0. The lowest BCUT2D eigenvalue weighted by molar-refractivity contribution is 0.0207. The lowest BCUT2D eigenvalue weighted by Crippen LogP contribution is -2.34. The molecule has 2 aliphatic rings. The number of thiophene rings is 1. The maximum absolute atomic E-state index is 13.2. The van der Waals surface area contributed by atoms with Gasteiger partial charge in [-0.1, -0.05) is 18.2 Å². The standard InChI is InChI=1S/C20H26FN3OS/c21-17-6-4-16(5-7-17)20(25)8-2-10-24(11-9-20)14-15-13-22-23-19(15)18-3-1-12-26-18/h1,3-7,12,15,19,22-23,25H,2,8-11,13-14H2. The van der Waals surface area contributed by atoms with E-state index in [4.69, 9.17) is 0 Å². The molecule has 6 heteroatoms. The van der Waals surface area contributed by atoms with E-state index < -0.39 is 5.60 Å². The first-order valence-corrected chi connectivity index (χ1v) is 10.2.